The van der Waals surface area contributed by atoms with E-state index in [1.54, 1.807) is 18.2 Å². The van der Waals surface area contributed by atoms with Crippen LogP contribution in [-0.4, -0.2) is 39.1 Å². The van der Waals surface area contributed by atoms with Crippen molar-refractivity contribution < 1.29 is 28.5 Å². The van der Waals surface area contributed by atoms with Crippen molar-refractivity contribution in [1.29, 1.82) is 0 Å². The van der Waals surface area contributed by atoms with Crippen LogP contribution in [0.4, 0.5) is 9.18 Å². The zero-order valence-corrected chi connectivity index (χ0v) is 17.4. The third-order valence-corrected chi connectivity index (χ3v) is 5.18. The molecule has 0 saturated carbocycles. The van der Waals surface area contributed by atoms with Gasteiger partial charge in [0.05, 0.1) is 25.5 Å². The van der Waals surface area contributed by atoms with E-state index < -0.39 is 48.2 Å². The molecule has 0 aliphatic carbocycles. The van der Waals surface area contributed by atoms with Gasteiger partial charge in [-0.25, -0.2) is 9.59 Å². The lowest BCUT2D eigenvalue weighted by molar-refractivity contribution is -0.0661. The third kappa shape index (κ3) is 4.92. The highest BCUT2D eigenvalue weighted by Gasteiger charge is 2.38. The minimum Gasteiger partial charge on any atom is -0.410 e. The standard InChI is InChI=1S/C23H21FN2O7/c24-17-12-25(22(29)26(21(17)28)23(30)32-16-9-5-2-6-10-16)20-11-18(19(13-27)33-20)31-14-15-7-3-1-4-8-15/h1-10,12,18-20,27H,11,13-14H2/t18?,19-,20-/m0/s1. The Balaban J connectivity index is 1.57. The van der Waals surface area contributed by atoms with Crippen molar-refractivity contribution in [3.05, 3.63) is 99.1 Å². The molecule has 1 unspecified atom stereocenters. The fourth-order valence-corrected chi connectivity index (χ4v) is 3.53. The summed E-state index contributed by atoms with van der Waals surface area (Å²) in [5, 5.41) is 9.68. The van der Waals surface area contributed by atoms with Gasteiger partial charge in [-0.15, -0.1) is 0 Å². The summed E-state index contributed by atoms with van der Waals surface area (Å²) in [7, 11) is 0. The predicted molar refractivity (Wildman–Crippen MR) is 113 cm³/mol. The van der Waals surface area contributed by atoms with Gasteiger partial charge in [0.2, 0.25) is 5.82 Å². The van der Waals surface area contributed by atoms with Crippen LogP contribution >= 0.6 is 0 Å². The summed E-state index contributed by atoms with van der Waals surface area (Å²) >= 11 is 0. The van der Waals surface area contributed by atoms with E-state index in [9.17, 15) is 23.9 Å². The molecule has 0 amide bonds. The number of ether oxygens (including phenoxy) is 3. The molecule has 1 N–H and O–H groups in total. The number of rotatable bonds is 6. The maximum Gasteiger partial charge on any atom is 0.430 e. The van der Waals surface area contributed by atoms with Crippen LogP contribution < -0.4 is 16.0 Å². The summed E-state index contributed by atoms with van der Waals surface area (Å²) in [6, 6.07) is 17.1. The highest BCUT2D eigenvalue weighted by molar-refractivity contribution is 5.72. The predicted octanol–water partition coefficient (Wildman–Crippen LogP) is 2.06. The number of aliphatic hydroxyl groups is 1. The molecule has 1 aromatic heterocycles. The highest BCUT2D eigenvalue weighted by Crippen LogP contribution is 2.30. The summed E-state index contributed by atoms with van der Waals surface area (Å²) in [6.07, 6.45) is -3.05. The summed E-state index contributed by atoms with van der Waals surface area (Å²) in [6.45, 7) is -0.160. The molecule has 4 rings (SSSR count). The second-order valence-corrected chi connectivity index (χ2v) is 7.37. The van der Waals surface area contributed by atoms with Crippen LogP contribution in [0.3, 0.4) is 0 Å². The molecule has 0 spiro atoms. The maximum absolute atomic E-state index is 14.4. The Labute approximate surface area is 187 Å². The fraction of sp³-hybridized carbons (Fsp3) is 0.261. The van der Waals surface area contributed by atoms with Crippen LogP contribution in [0, 0.1) is 5.82 Å². The van der Waals surface area contributed by atoms with Gasteiger partial charge in [0.1, 0.15) is 18.1 Å². The van der Waals surface area contributed by atoms with E-state index in [1.165, 1.54) is 12.1 Å². The zero-order valence-electron chi connectivity index (χ0n) is 17.4. The van der Waals surface area contributed by atoms with E-state index in [0.717, 1.165) is 10.1 Å². The molecule has 33 heavy (non-hydrogen) atoms. The van der Waals surface area contributed by atoms with Crippen LogP contribution in [0.1, 0.15) is 18.2 Å². The second kappa shape index (κ2) is 9.90. The number of benzene rings is 2. The molecule has 1 aliphatic heterocycles. The Hall–Kier alpha value is -3.60. The molecule has 1 saturated heterocycles. The van der Waals surface area contributed by atoms with Gasteiger partial charge in [0, 0.05) is 6.42 Å². The van der Waals surface area contributed by atoms with Crippen LogP contribution in [0.2, 0.25) is 0 Å². The summed E-state index contributed by atoms with van der Waals surface area (Å²) in [5.74, 6) is -1.26. The van der Waals surface area contributed by atoms with Crippen molar-refractivity contribution in [2.75, 3.05) is 6.61 Å². The summed E-state index contributed by atoms with van der Waals surface area (Å²) < 4.78 is 31.8. The van der Waals surface area contributed by atoms with Gasteiger partial charge in [0.25, 0.3) is 0 Å². The first-order valence-electron chi connectivity index (χ1n) is 10.2. The Morgan fingerprint density at radius 2 is 1.76 bits per heavy atom. The molecule has 10 heteroatoms. The number of halogens is 1. The van der Waals surface area contributed by atoms with Crippen molar-refractivity contribution >= 4 is 6.09 Å². The van der Waals surface area contributed by atoms with Crippen molar-refractivity contribution in [2.45, 2.75) is 31.5 Å². The van der Waals surface area contributed by atoms with E-state index >= 15 is 0 Å². The van der Waals surface area contributed by atoms with E-state index in [2.05, 4.69) is 0 Å². The Bertz CT molecular complexity index is 1230. The topological polar surface area (TPSA) is 109 Å². The zero-order chi connectivity index (χ0) is 23.4. The van der Waals surface area contributed by atoms with E-state index in [0.29, 0.717) is 6.20 Å². The molecule has 2 aromatic carbocycles. The van der Waals surface area contributed by atoms with Crippen LogP contribution in [0.5, 0.6) is 5.75 Å². The smallest absolute Gasteiger partial charge is 0.410 e. The molecule has 172 valence electrons. The Morgan fingerprint density at radius 3 is 2.42 bits per heavy atom. The van der Waals surface area contributed by atoms with E-state index in [1.807, 2.05) is 30.3 Å². The largest absolute Gasteiger partial charge is 0.430 e. The van der Waals surface area contributed by atoms with Gasteiger partial charge in [-0.05, 0) is 17.7 Å². The minimum absolute atomic E-state index is 0.0673. The van der Waals surface area contributed by atoms with Crippen LogP contribution in [0.25, 0.3) is 0 Å². The van der Waals surface area contributed by atoms with Gasteiger partial charge in [-0.2, -0.15) is 8.96 Å². The molecule has 0 radical (unpaired) electrons. The lowest BCUT2D eigenvalue weighted by atomic mass is 10.1. The van der Waals surface area contributed by atoms with Crippen molar-refractivity contribution in [3.63, 3.8) is 0 Å². The second-order valence-electron chi connectivity index (χ2n) is 7.37. The average Bonchev–Trinajstić information content (AvgIpc) is 3.24. The maximum atomic E-state index is 14.4. The highest BCUT2D eigenvalue weighted by atomic mass is 19.1. The van der Waals surface area contributed by atoms with Gasteiger partial charge in [-0.3, -0.25) is 9.36 Å². The number of hydrogen-bond acceptors (Lipinski definition) is 7. The Kier molecular flexibility index (Phi) is 6.78. The number of aromatic nitrogens is 2. The first kappa shape index (κ1) is 22.6. The third-order valence-electron chi connectivity index (χ3n) is 5.18. The average molecular weight is 456 g/mol. The van der Waals surface area contributed by atoms with E-state index in [-0.39, 0.29) is 23.3 Å². The molecule has 0 bridgehead atoms. The number of carbonyl (C=O) groups excluding carboxylic acids is 1. The summed E-state index contributed by atoms with van der Waals surface area (Å²) in [5.41, 5.74) is -1.67. The van der Waals surface area contributed by atoms with Crippen molar-refractivity contribution in [1.82, 2.24) is 9.13 Å². The van der Waals surface area contributed by atoms with Crippen LogP contribution in [-0.2, 0) is 16.1 Å². The van der Waals surface area contributed by atoms with Gasteiger partial charge < -0.3 is 19.3 Å². The number of para-hydroxylation sites is 1. The molecule has 1 fully saturated rings. The van der Waals surface area contributed by atoms with Gasteiger partial charge in [0.15, 0.2) is 0 Å². The van der Waals surface area contributed by atoms with Gasteiger partial charge in [-0.1, -0.05) is 48.5 Å². The van der Waals surface area contributed by atoms with Crippen molar-refractivity contribution in [3.8, 4) is 5.75 Å². The molecule has 2 heterocycles. The Morgan fingerprint density at radius 1 is 1.09 bits per heavy atom. The first-order chi connectivity index (χ1) is 16.0. The normalized spacial score (nSPS) is 20.0. The quantitative estimate of drug-likeness (QED) is 0.605. The monoisotopic (exact) mass is 456 g/mol. The molecular weight excluding hydrogens is 435 g/mol. The molecule has 3 aromatic rings. The van der Waals surface area contributed by atoms with Crippen LogP contribution in [0.15, 0.2) is 76.4 Å². The lowest BCUT2D eigenvalue weighted by Gasteiger charge is -2.16. The number of hydrogen-bond donors (Lipinski definition) is 1. The number of carbonyl (C=O) groups is 1. The molecule has 3 atom stereocenters. The molecule has 1 aliphatic rings. The molecular formula is C23H21FN2O7. The van der Waals surface area contributed by atoms with Gasteiger partial charge >= 0.3 is 17.3 Å². The number of nitrogens with zero attached hydrogens (tertiary/aromatic N) is 2. The first-order valence-corrected chi connectivity index (χ1v) is 10.2. The fourth-order valence-electron chi connectivity index (χ4n) is 3.53. The van der Waals surface area contributed by atoms with Crippen molar-refractivity contribution in [2.24, 2.45) is 0 Å². The summed E-state index contributed by atoms with van der Waals surface area (Å²) in [4.78, 5) is 37.6. The molecule has 9 nitrogen and oxygen atoms in total. The SMILES string of the molecule is O=C(Oc1ccccc1)n1c(=O)c(F)cn([C@@H]2CC(OCc3ccccc3)[C@H](CO)O2)c1=O. The minimum atomic E-state index is -1.44. The number of aliphatic hydroxyl groups excluding tert-OH is 1. The lowest BCUT2D eigenvalue weighted by Crippen LogP contribution is -2.47. The van der Waals surface area contributed by atoms with E-state index in [4.69, 9.17) is 14.2 Å².